The van der Waals surface area contributed by atoms with E-state index >= 15 is 0 Å². The summed E-state index contributed by atoms with van der Waals surface area (Å²) in [5, 5.41) is 6.81. The van der Waals surface area contributed by atoms with Gasteiger partial charge in [-0.25, -0.2) is 0 Å². The molecule has 2 aliphatic heterocycles. The Hall–Kier alpha value is -0.0300. The molecule has 25 heavy (non-hydrogen) atoms. The van der Waals surface area contributed by atoms with Crippen molar-refractivity contribution in [1.82, 2.24) is 15.5 Å². The van der Waals surface area contributed by atoms with Gasteiger partial charge < -0.3 is 15.5 Å². The molecule has 0 aromatic heterocycles. The van der Waals surface area contributed by atoms with Crippen molar-refractivity contribution in [3.8, 4) is 0 Å². The van der Waals surface area contributed by atoms with E-state index in [4.69, 9.17) is 0 Å². The maximum absolute atomic E-state index is 12.6. The largest absolute Gasteiger partial charge is 0.353 e. The molecule has 4 fully saturated rings. The van der Waals surface area contributed by atoms with Crippen LogP contribution < -0.4 is 10.6 Å². The van der Waals surface area contributed by atoms with E-state index in [1.807, 2.05) is 0 Å². The van der Waals surface area contributed by atoms with Crippen LogP contribution in [-0.4, -0.2) is 49.1 Å². The molecule has 1 amide bonds. The maximum Gasteiger partial charge on any atom is 0.223 e. The molecule has 0 bridgehead atoms. The Morgan fingerprint density at radius 1 is 0.960 bits per heavy atom. The van der Waals surface area contributed by atoms with Crippen molar-refractivity contribution in [3.63, 3.8) is 0 Å². The summed E-state index contributed by atoms with van der Waals surface area (Å²) in [6.07, 6.45) is 12.9. The van der Waals surface area contributed by atoms with Gasteiger partial charge in [-0.1, -0.05) is 19.3 Å². The van der Waals surface area contributed by atoms with Crippen molar-refractivity contribution < 1.29 is 4.79 Å². The van der Waals surface area contributed by atoms with Crippen LogP contribution in [0.3, 0.4) is 0 Å². The van der Waals surface area contributed by atoms with E-state index in [1.165, 1.54) is 58.0 Å². The van der Waals surface area contributed by atoms with E-state index in [-0.39, 0.29) is 24.8 Å². The number of carbonyl (C=O) groups is 1. The van der Waals surface area contributed by atoms with Crippen molar-refractivity contribution in [3.05, 3.63) is 0 Å². The third-order valence-corrected chi connectivity index (χ3v) is 7.07. The molecule has 1 spiro atoms. The van der Waals surface area contributed by atoms with Crippen molar-refractivity contribution in [2.24, 2.45) is 11.3 Å². The fourth-order valence-electron chi connectivity index (χ4n) is 5.35. The van der Waals surface area contributed by atoms with E-state index in [0.717, 1.165) is 38.4 Å². The van der Waals surface area contributed by atoms with Gasteiger partial charge in [-0.05, 0) is 63.5 Å². The van der Waals surface area contributed by atoms with E-state index in [9.17, 15) is 4.79 Å². The third kappa shape index (κ3) is 4.82. The number of nitrogens with one attached hydrogen (secondary N) is 2. The zero-order valence-electron chi connectivity index (χ0n) is 15.3. The molecule has 2 saturated heterocycles. The van der Waals surface area contributed by atoms with E-state index in [0.29, 0.717) is 23.3 Å². The first kappa shape index (κ1) is 21.3. The molecular weight excluding hydrogens is 357 g/mol. The molecule has 4 aliphatic rings. The van der Waals surface area contributed by atoms with Gasteiger partial charge in [-0.15, -0.1) is 24.8 Å². The molecular formula is C19H35Cl2N3O. The predicted molar refractivity (Wildman–Crippen MR) is 107 cm³/mol. The number of carbonyl (C=O) groups excluding carboxylic acids is 1. The molecule has 2 saturated carbocycles. The summed E-state index contributed by atoms with van der Waals surface area (Å²) in [6.45, 7) is 4.58. The molecule has 0 aromatic carbocycles. The first-order chi connectivity index (χ1) is 11.3. The van der Waals surface area contributed by atoms with Crippen LogP contribution in [0.15, 0.2) is 0 Å². The third-order valence-electron chi connectivity index (χ3n) is 7.07. The summed E-state index contributed by atoms with van der Waals surface area (Å²) in [5.41, 5.74) is 0.373. The average Bonchev–Trinajstić information content (AvgIpc) is 3.30. The summed E-state index contributed by atoms with van der Waals surface area (Å²) >= 11 is 0. The minimum atomic E-state index is 0. The molecule has 1 atom stereocenters. The molecule has 1 unspecified atom stereocenters. The summed E-state index contributed by atoms with van der Waals surface area (Å²) in [6, 6.07) is 1.27. The number of hydrogen-bond donors (Lipinski definition) is 2. The van der Waals surface area contributed by atoms with E-state index < -0.39 is 0 Å². The molecule has 4 rings (SSSR count). The summed E-state index contributed by atoms with van der Waals surface area (Å²) in [5.74, 6) is 0.684. The standard InChI is InChI=1S/C19H33N3O.2ClH/c23-18(17-14-19(17)8-10-20-11-9-19)21-15-6-12-22(13-7-15)16-4-2-1-3-5-16;;/h15-17,20H,1-14H2,(H,21,23);2*1H. The zero-order chi connectivity index (χ0) is 15.7. The van der Waals surface area contributed by atoms with Crippen LogP contribution in [-0.2, 0) is 4.79 Å². The first-order valence-electron chi connectivity index (χ1n) is 10.0. The van der Waals surface area contributed by atoms with Crippen molar-refractivity contribution in [2.75, 3.05) is 26.2 Å². The second-order valence-electron chi connectivity index (χ2n) is 8.48. The second kappa shape index (κ2) is 9.25. The Balaban J connectivity index is 0.00000113. The van der Waals surface area contributed by atoms with Crippen LogP contribution in [0.2, 0.25) is 0 Å². The highest BCUT2D eigenvalue weighted by Crippen LogP contribution is 2.58. The number of rotatable bonds is 3. The molecule has 0 aromatic rings. The molecule has 0 radical (unpaired) electrons. The van der Waals surface area contributed by atoms with Crippen molar-refractivity contribution in [1.29, 1.82) is 0 Å². The second-order valence-corrected chi connectivity index (χ2v) is 8.48. The maximum atomic E-state index is 12.6. The number of likely N-dealkylation sites (tertiary alicyclic amines) is 1. The fraction of sp³-hybridized carbons (Fsp3) is 0.947. The lowest BCUT2D eigenvalue weighted by Crippen LogP contribution is -2.49. The lowest BCUT2D eigenvalue weighted by atomic mass is 9.91. The average molecular weight is 392 g/mol. The topological polar surface area (TPSA) is 44.4 Å². The number of hydrogen-bond acceptors (Lipinski definition) is 3. The Morgan fingerprint density at radius 2 is 1.60 bits per heavy atom. The minimum Gasteiger partial charge on any atom is -0.353 e. The quantitative estimate of drug-likeness (QED) is 0.776. The Bertz CT molecular complexity index is 428. The van der Waals surface area contributed by atoms with Gasteiger partial charge in [0.1, 0.15) is 0 Å². The lowest BCUT2D eigenvalue weighted by molar-refractivity contribution is -0.124. The molecule has 2 aliphatic carbocycles. The SMILES string of the molecule is Cl.Cl.O=C(NC1CCN(C2CCCCC2)CC1)C1CC12CCNCC2. The van der Waals surface area contributed by atoms with Crippen LogP contribution in [0, 0.1) is 11.3 Å². The highest BCUT2D eigenvalue weighted by Gasteiger charge is 2.57. The highest BCUT2D eigenvalue weighted by molar-refractivity contribution is 5.85. The van der Waals surface area contributed by atoms with Crippen LogP contribution in [0.5, 0.6) is 0 Å². The van der Waals surface area contributed by atoms with Crippen LogP contribution >= 0.6 is 24.8 Å². The van der Waals surface area contributed by atoms with E-state index in [2.05, 4.69) is 15.5 Å². The predicted octanol–water partition coefficient (Wildman–Crippen LogP) is 3.13. The Labute approximate surface area is 165 Å². The number of amides is 1. The zero-order valence-corrected chi connectivity index (χ0v) is 16.9. The molecule has 4 nitrogen and oxygen atoms in total. The normalized spacial score (nSPS) is 30.2. The van der Waals surface area contributed by atoms with E-state index in [1.54, 1.807) is 0 Å². The van der Waals surface area contributed by atoms with Gasteiger partial charge in [0.2, 0.25) is 5.91 Å². The smallest absolute Gasteiger partial charge is 0.223 e. The monoisotopic (exact) mass is 391 g/mol. The number of nitrogens with zero attached hydrogens (tertiary/aromatic N) is 1. The van der Waals surface area contributed by atoms with Crippen LogP contribution in [0.1, 0.15) is 64.2 Å². The van der Waals surface area contributed by atoms with Crippen LogP contribution in [0.4, 0.5) is 0 Å². The van der Waals surface area contributed by atoms with Crippen molar-refractivity contribution in [2.45, 2.75) is 76.3 Å². The lowest BCUT2D eigenvalue weighted by Gasteiger charge is -2.39. The molecule has 6 heteroatoms. The van der Waals surface area contributed by atoms with Crippen LogP contribution in [0.25, 0.3) is 0 Å². The van der Waals surface area contributed by atoms with Gasteiger partial charge in [0.25, 0.3) is 0 Å². The fourth-order valence-corrected chi connectivity index (χ4v) is 5.35. The van der Waals surface area contributed by atoms with Gasteiger partial charge in [-0.3, -0.25) is 4.79 Å². The molecule has 2 heterocycles. The summed E-state index contributed by atoms with van der Waals surface area (Å²) in [4.78, 5) is 15.3. The van der Waals surface area contributed by atoms with Gasteiger partial charge in [0.05, 0.1) is 0 Å². The molecule has 146 valence electrons. The molecule has 2 N–H and O–H groups in total. The first-order valence-corrected chi connectivity index (χ1v) is 10.0. The highest BCUT2D eigenvalue weighted by atomic mass is 35.5. The number of piperidine rings is 2. The van der Waals surface area contributed by atoms with Gasteiger partial charge in [0.15, 0.2) is 0 Å². The van der Waals surface area contributed by atoms with Crippen molar-refractivity contribution >= 4 is 30.7 Å². The Morgan fingerprint density at radius 3 is 2.24 bits per heavy atom. The van der Waals surface area contributed by atoms with Gasteiger partial charge in [-0.2, -0.15) is 0 Å². The van der Waals surface area contributed by atoms with Gasteiger partial charge >= 0.3 is 0 Å². The summed E-state index contributed by atoms with van der Waals surface area (Å²) in [7, 11) is 0. The Kier molecular flexibility index (Phi) is 7.87. The minimum absolute atomic E-state index is 0. The summed E-state index contributed by atoms with van der Waals surface area (Å²) < 4.78 is 0. The van der Waals surface area contributed by atoms with Gasteiger partial charge in [0, 0.05) is 31.1 Å². The number of halogens is 2.